The van der Waals surface area contributed by atoms with E-state index in [0.29, 0.717) is 21.3 Å². The molecular weight excluding hydrogens is 466 g/mol. The fourth-order valence-electron chi connectivity index (χ4n) is 2.73. The summed E-state index contributed by atoms with van der Waals surface area (Å²) in [5.74, 6) is 0.560. The van der Waals surface area contributed by atoms with Gasteiger partial charge in [-0.25, -0.2) is 0 Å². The van der Waals surface area contributed by atoms with Crippen molar-refractivity contribution >= 4 is 39.0 Å². The zero-order chi connectivity index (χ0) is 22.4. The van der Waals surface area contributed by atoms with E-state index in [1.807, 2.05) is 0 Å². The van der Waals surface area contributed by atoms with Crippen LogP contribution >= 0.6 is 15.9 Å². The van der Waals surface area contributed by atoms with Crippen molar-refractivity contribution in [1.29, 1.82) is 5.26 Å². The molecule has 0 bridgehead atoms. The number of hydrogen-bond donors (Lipinski definition) is 0. The summed E-state index contributed by atoms with van der Waals surface area (Å²) in [6.07, 6.45) is 1.63. The Hall–Kier alpha value is -4.03. The Morgan fingerprint density at radius 1 is 1.00 bits per heavy atom. The summed E-state index contributed by atoms with van der Waals surface area (Å²) in [5, 5.41) is 31.2. The van der Waals surface area contributed by atoms with E-state index in [1.165, 1.54) is 30.3 Å². The van der Waals surface area contributed by atoms with Crippen LogP contribution in [0.15, 0.2) is 71.2 Å². The number of allylic oxidation sites excluding steroid dienone is 1. The molecule has 0 aliphatic heterocycles. The Balaban J connectivity index is 1.76. The molecule has 0 N–H and O–H groups in total. The highest BCUT2D eigenvalue weighted by molar-refractivity contribution is 9.10. The van der Waals surface area contributed by atoms with Crippen LogP contribution in [0.2, 0.25) is 0 Å². The topological polar surface area (TPSA) is 119 Å². The first-order chi connectivity index (χ1) is 14.9. The van der Waals surface area contributed by atoms with Crippen LogP contribution in [-0.4, -0.2) is 9.85 Å². The number of ether oxygens (including phenoxy) is 1. The molecule has 8 nitrogen and oxygen atoms in total. The van der Waals surface area contributed by atoms with Gasteiger partial charge in [-0.3, -0.25) is 20.2 Å². The van der Waals surface area contributed by atoms with Gasteiger partial charge < -0.3 is 4.74 Å². The van der Waals surface area contributed by atoms with Crippen molar-refractivity contribution in [3.05, 3.63) is 108 Å². The second-order valence-corrected chi connectivity index (χ2v) is 7.23. The zero-order valence-corrected chi connectivity index (χ0v) is 17.5. The molecule has 0 fully saturated rings. The molecule has 3 aromatic rings. The average Bonchev–Trinajstić information content (AvgIpc) is 2.77. The Kier molecular flexibility index (Phi) is 6.74. The predicted octanol–water partition coefficient (Wildman–Crippen LogP) is 5.91. The molecule has 0 amide bonds. The van der Waals surface area contributed by atoms with Crippen LogP contribution in [0.4, 0.5) is 11.4 Å². The second kappa shape index (κ2) is 9.65. The molecule has 0 spiro atoms. The summed E-state index contributed by atoms with van der Waals surface area (Å²) in [6, 6.07) is 19.3. The van der Waals surface area contributed by atoms with Crippen molar-refractivity contribution in [1.82, 2.24) is 0 Å². The lowest BCUT2D eigenvalue weighted by Crippen LogP contribution is -1.97. The SMILES string of the molecule is N#C/C(=C/c1ccc(OCc2ccc([N+](=O)[O-])cc2)c(Br)c1)c1cccc([N+](=O)[O-])c1. The highest BCUT2D eigenvalue weighted by atomic mass is 79.9. The molecule has 0 aliphatic rings. The molecule has 3 rings (SSSR count). The summed E-state index contributed by atoms with van der Waals surface area (Å²) in [6.45, 7) is 0.225. The van der Waals surface area contributed by atoms with Crippen LogP contribution in [0.25, 0.3) is 11.6 Å². The van der Waals surface area contributed by atoms with Gasteiger partial charge in [-0.1, -0.05) is 18.2 Å². The number of nitrogens with zero attached hydrogens (tertiary/aromatic N) is 3. The van der Waals surface area contributed by atoms with E-state index < -0.39 is 9.85 Å². The van der Waals surface area contributed by atoms with Gasteiger partial charge in [0, 0.05) is 24.3 Å². The molecule has 3 aromatic carbocycles. The molecule has 31 heavy (non-hydrogen) atoms. The van der Waals surface area contributed by atoms with Crippen LogP contribution in [0.5, 0.6) is 5.75 Å². The molecular formula is C22H14BrN3O5. The lowest BCUT2D eigenvalue weighted by atomic mass is 10.0. The van der Waals surface area contributed by atoms with Crippen molar-refractivity contribution < 1.29 is 14.6 Å². The third kappa shape index (κ3) is 5.52. The third-order valence-electron chi connectivity index (χ3n) is 4.30. The summed E-state index contributed by atoms with van der Waals surface area (Å²) < 4.78 is 6.41. The molecule has 154 valence electrons. The predicted molar refractivity (Wildman–Crippen MR) is 118 cm³/mol. The van der Waals surface area contributed by atoms with Gasteiger partial charge in [0.25, 0.3) is 11.4 Å². The van der Waals surface area contributed by atoms with Gasteiger partial charge in [0.2, 0.25) is 0 Å². The maximum absolute atomic E-state index is 11.0. The molecule has 0 aliphatic carbocycles. The maximum atomic E-state index is 11.0. The number of benzene rings is 3. The summed E-state index contributed by atoms with van der Waals surface area (Å²) in [7, 11) is 0. The molecule has 0 heterocycles. The number of hydrogen-bond acceptors (Lipinski definition) is 6. The highest BCUT2D eigenvalue weighted by Gasteiger charge is 2.10. The van der Waals surface area contributed by atoms with E-state index in [9.17, 15) is 25.5 Å². The number of nitriles is 1. The first-order valence-electron chi connectivity index (χ1n) is 8.89. The minimum absolute atomic E-state index is 0.0121. The summed E-state index contributed by atoms with van der Waals surface area (Å²) >= 11 is 3.43. The maximum Gasteiger partial charge on any atom is 0.270 e. The van der Waals surface area contributed by atoms with Crippen LogP contribution < -0.4 is 4.74 Å². The van der Waals surface area contributed by atoms with Gasteiger partial charge in [0.05, 0.1) is 26.0 Å². The quantitative estimate of drug-likeness (QED) is 0.180. The standard InChI is InChI=1S/C22H14BrN3O5/c23-21-11-16(10-18(13-24)17-2-1-3-20(12-17)26(29)30)6-9-22(21)31-14-15-4-7-19(8-5-15)25(27)28/h1-12H,14H2/b18-10-. The first kappa shape index (κ1) is 21.7. The van der Waals surface area contributed by atoms with Gasteiger partial charge >= 0.3 is 0 Å². The van der Waals surface area contributed by atoms with E-state index in [0.717, 1.165) is 5.56 Å². The van der Waals surface area contributed by atoms with Crippen molar-refractivity contribution in [2.45, 2.75) is 6.61 Å². The van der Waals surface area contributed by atoms with Crippen LogP contribution in [0, 0.1) is 31.6 Å². The number of nitro benzene ring substituents is 2. The number of non-ortho nitro benzene ring substituents is 2. The van der Waals surface area contributed by atoms with Crippen molar-refractivity contribution in [2.24, 2.45) is 0 Å². The molecule has 9 heteroatoms. The summed E-state index contributed by atoms with van der Waals surface area (Å²) in [4.78, 5) is 20.7. The molecule has 0 atom stereocenters. The smallest absolute Gasteiger partial charge is 0.270 e. The number of rotatable bonds is 7. The van der Waals surface area contributed by atoms with Crippen molar-refractivity contribution in [3.63, 3.8) is 0 Å². The van der Waals surface area contributed by atoms with Gasteiger partial charge in [-0.05, 0) is 63.0 Å². The molecule has 0 saturated heterocycles. The monoisotopic (exact) mass is 479 g/mol. The second-order valence-electron chi connectivity index (χ2n) is 6.38. The molecule has 0 unspecified atom stereocenters. The lowest BCUT2D eigenvalue weighted by molar-refractivity contribution is -0.385. The van der Waals surface area contributed by atoms with Gasteiger partial charge in [-0.2, -0.15) is 5.26 Å². The average molecular weight is 480 g/mol. The lowest BCUT2D eigenvalue weighted by Gasteiger charge is -2.09. The van der Waals surface area contributed by atoms with E-state index in [1.54, 1.807) is 42.5 Å². The molecule has 0 radical (unpaired) electrons. The first-order valence-corrected chi connectivity index (χ1v) is 9.69. The largest absolute Gasteiger partial charge is 0.488 e. The van der Waals surface area contributed by atoms with E-state index in [2.05, 4.69) is 22.0 Å². The van der Waals surface area contributed by atoms with E-state index in [4.69, 9.17) is 4.74 Å². The number of nitro groups is 2. The van der Waals surface area contributed by atoms with Crippen LogP contribution in [0.1, 0.15) is 16.7 Å². The zero-order valence-electron chi connectivity index (χ0n) is 15.9. The van der Waals surface area contributed by atoms with Gasteiger partial charge in [0.15, 0.2) is 0 Å². The Morgan fingerprint density at radius 3 is 2.32 bits per heavy atom. The van der Waals surface area contributed by atoms with Crippen molar-refractivity contribution in [2.75, 3.05) is 0 Å². The molecule has 0 aromatic heterocycles. The Morgan fingerprint density at radius 2 is 1.71 bits per heavy atom. The number of halogens is 1. The van der Waals surface area contributed by atoms with Crippen molar-refractivity contribution in [3.8, 4) is 11.8 Å². The van der Waals surface area contributed by atoms with E-state index >= 15 is 0 Å². The van der Waals surface area contributed by atoms with Crippen LogP contribution in [0.3, 0.4) is 0 Å². The molecule has 0 saturated carbocycles. The minimum Gasteiger partial charge on any atom is -0.488 e. The highest BCUT2D eigenvalue weighted by Crippen LogP contribution is 2.29. The van der Waals surface area contributed by atoms with Crippen LogP contribution in [-0.2, 0) is 6.61 Å². The van der Waals surface area contributed by atoms with Gasteiger partial charge in [0.1, 0.15) is 12.4 Å². The minimum atomic E-state index is -0.508. The third-order valence-corrected chi connectivity index (χ3v) is 4.92. The Labute approximate surface area is 185 Å². The summed E-state index contributed by atoms with van der Waals surface area (Å²) in [5.41, 5.74) is 2.14. The van der Waals surface area contributed by atoms with Gasteiger partial charge in [-0.15, -0.1) is 0 Å². The Bertz CT molecular complexity index is 1220. The van der Waals surface area contributed by atoms with E-state index in [-0.39, 0.29) is 23.6 Å². The fraction of sp³-hybridized carbons (Fsp3) is 0.0455. The fourth-order valence-corrected chi connectivity index (χ4v) is 3.24. The normalized spacial score (nSPS) is 10.9.